The minimum absolute atomic E-state index is 0.0306. The van der Waals surface area contributed by atoms with Gasteiger partial charge in [0.15, 0.2) is 0 Å². The van der Waals surface area contributed by atoms with Gasteiger partial charge in [0.1, 0.15) is 5.76 Å². The molecule has 0 spiro atoms. The average Bonchev–Trinajstić information content (AvgIpc) is 2.96. The Bertz CT molecular complexity index is 414. The summed E-state index contributed by atoms with van der Waals surface area (Å²) < 4.78 is 5.61. The summed E-state index contributed by atoms with van der Waals surface area (Å²) in [6, 6.07) is -0.0537. The zero-order valence-corrected chi connectivity index (χ0v) is 11.2. The normalized spacial score (nSPS) is 20.1. The molecular weight excluding hydrogens is 230 g/mol. The first kappa shape index (κ1) is 13.1. The Morgan fingerprint density at radius 3 is 2.94 bits per heavy atom. The minimum atomic E-state index is -0.0537. The van der Waals surface area contributed by atoms with Crippen LogP contribution in [0.1, 0.15) is 45.3 Å². The molecule has 0 aliphatic carbocycles. The molecular formula is C13H21N3O2. The quantitative estimate of drug-likeness (QED) is 0.850. The summed E-state index contributed by atoms with van der Waals surface area (Å²) in [4.78, 5) is 16.0. The summed E-state index contributed by atoms with van der Waals surface area (Å²) in [5, 5.41) is 6.01. The molecule has 1 saturated heterocycles. The number of nitrogens with one attached hydrogen (secondary N) is 2. The highest BCUT2D eigenvalue weighted by molar-refractivity contribution is 5.81. The maximum absolute atomic E-state index is 11.8. The van der Waals surface area contributed by atoms with Gasteiger partial charge >= 0.3 is 0 Å². The van der Waals surface area contributed by atoms with Crippen LogP contribution in [0.15, 0.2) is 10.6 Å². The van der Waals surface area contributed by atoms with E-state index in [1.165, 1.54) is 0 Å². The number of oxazole rings is 1. The topological polar surface area (TPSA) is 67.2 Å². The van der Waals surface area contributed by atoms with E-state index in [0.717, 1.165) is 25.1 Å². The first-order chi connectivity index (χ1) is 8.47. The molecule has 0 saturated carbocycles. The predicted octanol–water partition coefficient (Wildman–Crippen LogP) is 1.34. The van der Waals surface area contributed by atoms with Crippen molar-refractivity contribution in [1.29, 1.82) is 0 Å². The van der Waals surface area contributed by atoms with E-state index in [2.05, 4.69) is 36.4 Å². The van der Waals surface area contributed by atoms with E-state index < -0.39 is 0 Å². The van der Waals surface area contributed by atoms with Crippen LogP contribution in [0, 0.1) is 0 Å². The third-order valence-electron chi connectivity index (χ3n) is 3.08. The lowest BCUT2D eigenvalue weighted by Crippen LogP contribution is -2.40. The van der Waals surface area contributed by atoms with Gasteiger partial charge in [-0.1, -0.05) is 20.8 Å². The molecule has 1 aromatic rings. The summed E-state index contributed by atoms with van der Waals surface area (Å²) in [5.41, 5.74) is -0.0533. The molecule has 18 heavy (non-hydrogen) atoms. The van der Waals surface area contributed by atoms with Gasteiger partial charge in [0.05, 0.1) is 18.8 Å². The summed E-state index contributed by atoms with van der Waals surface area (Å²) in [6.45, 7) is 7.48. The SMILES string of the molecule is CC(C)(C)c1cnc(CNC(=O)C2CCCN2)o1. The van der Waals surface area contributed by atoms with Crippen LogP contribution in [0.2, 0.25) is 0 Å². The van der Waals surface area contributed by atoms with Gasteiger partial charge in [-0.15, -0.1) is 0 Å². The molecule has 0 radical (unpaired) electrons. The van der Waals surface area contributed by atoms with Crippen molar-refractivity contribution in [3.63, 3.8) is 0 Å². The number of amides is 1. The van der Waals surface area contributed by atoms with E-state index in [1.54, 1.807) is 6.20 Å². The van der Waals surface area contributed by atoms with Crippen LogP contribution in [0.3, 0.4) is 0 Å². The largest absolute Gasteiger partial charge is 0.443 e. The zero-order chi connectivity index (χ0) is 13.2. The molecule has 1 amide bonds. The number of hydrogen-bond acceptors (Lipinski definition) is 4. The van der Waals surface area contributed by atoms with Gasteiger partial charge < -0.3 is 15.1 Å². The molecule has 5 heteroatoms. The molecule has 2 N–H and O–H groups in total. The van der Waals surface area contributed by atoms with E-state index in [-0.39, 0.29) is 17.4 Å². The third kappa shape index (κ3) is 3.10. The fourth-order valence-electron chi connectivity index (χ4n) is 1.93. The molecule has 0 aromatic carbocycles. The van der Waals surface area contributed by atoms with E-state index >= 15 is 0 Å². The van der Waals surface area contributed by atoms with Crippen LogP contribution in [-0.2, 0) is 16.8 Å². The first-order valence-electron chi connectivity index (χ1n) is 6.43. The molecule has 0 bridgehead atoms. The summed E-state index contributed by atoms with van der Waals surface area (Å²) in [6.07, 6.45) is 3.70. The zero-order valence-electron chi connectivity index (χ0n) is 11.2. The Morgan fingerprint density at radius 2 is 2.39 bits per heavy atom. The van der Waals surface area contributed by atoms with Gasteiger partial charge in [-0.2, -0.15) is 0 Å². The molecule has 2 heterocycles. The maximum Gasteiger partial charge on any atom is 0.237 e. The lowest BCUT2D eigenvalue weighted by atomic mass is 9.94. The Hall–Kier alpha value is -1.36. The Morgan fingerprint density at radius 1 is 1.61 bits per heavy atom. The van der Waals surface area contributed by atoms with E-state index in [4.69, 9.17) is 4.42 Å². The Kier molecular flexibility index (Phi) is 3.71. The monoisotopic (exact) mass is 251 g/mol. The highest BCUT2D eigenvalue weighted by Crippen LogP contribution is 2.22. The fourth-order valence-corrected chi connectivity index (χ4v) is 1.93. The van der Waals surface area contributed by atoms with Gasteiger partial charge in [0, 0.05) is 5.41 Å². The van der Waals surface area contributed by atoms with Crippen LogP contribution in [0.5, 0.6) is 0 Å². The van der Waals surface area contributed by atoms with Crippen molar-refractivity contribution in [3.8, 4) is 0 Å². The second-order valence-electron chi connectivity index (χ2n) is 5.73. The summed E-state index contributed by atoms with van der Waals surface area (Å²) in [7, 11) is 0. The summed E-state index contributed by atoms with van der Waals surface area (Å²) >= 11 is 0. The van der Waals surface area contributed by atoms with Crippen molar-refractivity contribution < 1.29 is 9.21 Å². The van der Waals surface area contributed by atoms with Gasteiger partial charge in [-0.25, -0.2) is 4.98 Å². The molecule has 100 valence electrons. The number of rotatable bonds is 3. The highest BCUT2D eigenvalue weighted by Gasteiger charge is 2.23. The number of aromatic nitrogens is 1. The van der Waals surface area contributed by atoms with Crippen LogP contribution in [-0.4, -0.2) is 23.5 Å². The molecule has 1 unspecified atom stereocenters. The third-order valence-corrected chi connectivity index (χ3v) is 3.08. The predicted molar refractivity (Wildman–Crippen MR) is 68.1 cm³/mol. The van der Waals surface area contributed by atoms with Crippen LogP contribution >= 0.6 is 0 Å². The van der Waals surface area contributed by atoms with Gasteiger partial charge in [0.2, 0.25) is 11.8 Å². The van der Waals surface area contributed by atoms with Crippen molar-refractivity contribution in [2.75, 3.05) is 6.54 Å². The van der Waals surface area contributed by atoms with Gasteiger partial charge in [0.25, 0.3) is 0 Å². The smallest absolute Gasteiger partial charge is 0.237 e. The number of nitrogens with zero attached hydrogens (tertiary/aromatic N) is 1. The first-order valence-corrected chi connectivity index (χ1v) is 6.43. The standard InChI is InChI=1S/C13H21N3O2/c1-13(2,3)10-7-15-11(18-10)8-16-12(17)9-5-4-6-14-9/h7,9,14H,4-6,8H2,1-3H3,(H,16,17). The van der Waals surface area contributed by atoms with Gasteiger partial charge in [-0.05, 0) is 19.4 Å². The molecule has 1 aliphatic heterocycles. The lowest BCUT2D eigenvalue weighted by molar-refractivity contribution is -0.123. The highest BCUT2D eigenvalue weighted by atomic mass is 16.4. The maximum atomic E-state index is 11.8. The Labute approximate surface area is 107 Å². The Balaban J connectivity index is 1.86. The van der Waals surface area contributed by atoms with Crippen LogP contribution < -0.4 is 10.6 Å². The van der Waals surface area contributed by atoms with E-state index in [1.807, 2.05) is 0 Å². The molecule has 5 nitrogen and oxygen atoms in total. The van der Waals surface area contributed by atoms with Gasteiger partial charge in [-0.3, -0.25) is 4.79 Å². The van der Waals surface area contributed by atoms with E-state index in [0.29, 0.717) is 12.4 Å². The average molecular weight is 251 g/mol. The van der Waals surface area contributed by atoms with Crippen molar-refractivity contribution in [2.45, 2.75) is 51.6 Å². The molecule has 1 aliphatic rings. The lowest BCUT2D eigenvalue weighted by Gasteiger charge is -2.13. The molecule has 1 fully saturated rings. The molecule has 1 atom stereocenters. The van der Waals surface area contributed by atoms with E-state index in [9.17, 15) is 4.79 Å². The number of carbonyl (C=O) groups excluding carboxylic acids is 1. The van der Waals surface area contributed by atoms with Crippen LogP contribution in [0.25, 0.3) is 0 Å². The van der Waals surface area contributed by atoms with Crippen molar-refractivity contribution >= 4 is 5.91 Å². The number of hydrogen-bond donors (Lipinski definition) is 2. The van der Waals surface area contributed by atoms with Crippen LogP contribution in [0.4, 0.5) is 0 Å². The summed E-state index contributed by atoms with van der Waals surface area (Å²) in [5.74, 6) is 1.43. The van der Waals surface area contributed by atoms with Crippen molar-refractivity contribution in [2.24, 2.45) is 0 Å². The molecule has 2 rings (SSSR count). The number of carbonyl (C=O) groups is 1. The molecule has 1 aromatic heterocycles. The van der Waals surface area contributed by atoms with Crippen molar-refractivity contribution in [1.82, 2.24) is 15.6 Å². The minimum Gasteiger partial charge on any atom is -0.443 e. The van der Waals surface area contributed by atoms with Crippen molar-refractivity contribution in [3.05, 3.63) is 17.8 Å². The second-order valence-corrected chi connectivity index (χ2v) is 5.73. The second kappa shape index (κ2) is 5.10. The fraction of sp³-hybridized carbons (Fsp3) is 0.692.